The second-order valence-electron chi connectivity index (χ2n) is 3.91. The Hall–Kier alpha value is -1.48. The van der Waals surface area contributed by atoms with Crippen LogP contribution in [0.5, 0.6) is 5.75 Å². The molecule has 0 aliphatic carbocycles. The van der Waals surface area contributed by atoms with E-state index in [1.54, 1.807) is 0 Å². The first kappa shape index (κ1) is 11.0. The third-order valence-electron chi connectivity index (χ3n) is 3.10. The van der Waals surface area contributed by atoms with E-state index in [9.17, 15) is 0 Å². The first-order valence-corrected chi connectivity index (χ1v) is 5.60. The molecule has 0 fully saturated rings. The molecular weight excluding hydrogens is 200 g/mol. The largest absolute Gasteiger partial charge is 0.492 e. The minimum atomic E-state index is 0.568. The van der Waals surface area contributed by atoms with E-state index in [2.05, 4.69) is 24.6 Å². The highest BCUT2D eigenvalue weighted by atomic mass is 16.5. The molecule has 3 nitrogen and oxygen atoms in total. The molecule has 16 heavy (non-hydrogen) atoms. The number of fused-ring (bicyclic) bond motifs is 1. The van der Waals surface area contributed by atoms with Crippen LogP contribution in [0.15, 0.2) is 18.2 Å². The molecule has 1 aromatic heterocycles. The molecule has 0 aliphatic heterocycles. The lowest BCUT2D eigenvalue weighted by molar-refractivity contribution is 0.343. The summed E-state index contributed by atoms with van der Waals surface area (Å²) in [4.78, 5) is 0. The molecular formula is C13H18N2O. The molecule has 0 amide bonds. The Morgan fingerprint density at radius 1 is 1.38 bits per heavy atom. The highest BCUT2D eigenvalue weighted by Gasteiger charge is 2.13. The van der Waals surface area contributed by atoms with Crippen LogP contribution in [-0.2, 0) is 13.6 Å². The zero-order chi connectivity index (χ0) is 11.7. The van der Waals surface area contributed by atoms with E-state index in [1.165, 1.54) is 16.6 Å². The van der Waals surface area contributed by atoms with Gasteiger partial charge in [0.1, 0.15) is 5.75 Å². The predicted molar refractivity (Wildman–Crippen MR) is 66.7 cm³/mol. The summed E-state index contributed by atoms with van der Waals surface area (Å²) in [5, 5.41) is 1.20. The van der Waals surface area contributed by atoms with Gasteiger partial charge in [0.15, 0.2) is 0 Å². The summed E-state index contributed by atoms with van der Waals surface area (Å²) in [6.07, 6.45) is 0. The van der Waals surface area contributed by atoms with Gasteiger partial charge >= 0.3 is 0 Å². The lowest BCUT2D eigenvalue weighted by atomic mass is 10.1. The zero-order valence-electron chi connectivity index (χ0n) is 10.1. The summed E-state index contributed by atoms with van der Waals surface area (Å²) in [7, 11) is 2.05. The van der Waals surface area contributed by atoms with Gasteiger partial charge in [0, 0.05) is 24.7 Å². The number of hydrogen-bond donors (Lipinski definition) is 1. The average molecular weight is 218 g/mol. The van der Waals surface area contributed by atoms with Crippen molar-refractivity contribution >= 4 is 10.9 Å². The highest BCUT2D eigenvalue weighted by Crippen LogP contribution is 2.31. The van der Waals surface area contributed by atoms with Crippen molar-refractivity contribution in [2.75, 3.05) is 6.61 Å². The van der Waals surface area contributed by atoms with Gasteiger partial charge in [-0.15, -0.1) is 0 Å². The first-order valence-electron chi connectivity index (χ1n) is 5.60. The molecule has 0 radical (unpaired) electrons. The monoisotopic (exact) mass is 218 g/mol. The van der Waals surface area contributed by atoms with Crippen LogP contribution in [0, 0.1) is 6.92 Å². The fourth-order valence-corrected chi connectivity index (χ4v) is 2.21. The quantitative estimate of drug-likeness (QED) is 0.859. The standard InChI is InChI=1S/C13H18N2O/c1-4-16-12-7-5-6-10-11(8-14)9(2)15(3)13(10)12/h5-7H,4,8,14H2,1-3H3. The van der Waals surface area contributed by atoms with Crippen LogP contribution < -0.4 is 10.5 Å². The summed E-state index contributed by atoms with van der Waals surface area (Å²) in [5.41, 5.74) is 9.36. The number of ether oxygens (including phenoxy) is 1. The van der Waals surface area contributed by atoms with Crippen molar-refractivity contribution in [3.8, 4) is 5.75 Å². The maximum Gasteiger partial charge on any atom is 0.143 e. The molecule has 2 rings (SSSR count). The lowest BCUT2D eigenvalue weighted by Crippen LogP contribution is -1.99. The molecule has 3 heteroatoms. The van der Waals surface area contributed by atoms with Crippen LogP contribution in [0.3, 0.4) is 0 Å². The van der Waals surface area contributed by atoms with Crippen LogP contribution in [0.2, 0.25) is 0 Å². The van der Waals surface area contributed by atoms with Gasteiger partial charge in [-0.2, -0.15) is 0 Å². The van der Waals surface area contributed by atoms with Gasteiger partial charge in [0.2, 0.25) is 0 Å². The van der Waals surface area contributed by atoms with Crippen molar-refractivity contribution in [3.05, 3.63) is 29.5 Å². The normalized spacial score (nSPS) is 11.0. The van der Waals surface area contributed by atoms with Crippen LogP contribution in [0.25, 0.3) is 10.9 Å². The number of aromatic nitrogens is 1. The van der Waals surface area contributed by atoms with E-state index >= 15 is 0 Å². The van der Waals surface area contributed by atoms with Gasteiger partial charge in [-0.1, -0.05) is 12.1 Å². The molecule has 0 spiro atoms. The van der Waals surface area contributed by atoms with Crippen LogP contribution in [0.1, 0.15) is 18.2 Å². The Balaban J connectivity index is 2.77. The second-order valence-corrected chi connectivity index (χ2v) is 3.91. The highest BCUT2D eigenvalue weighted by molar-refractivity contribution is 5.90. The van der Waals surface area contributed by atoms with Gasteiger partial charge in [-0.05, 0) is 25.5 Å². The topological polar surface area (TPSA) is 40.2 Å². The molecule has 0 atom stereocenters. The Bertz CT molecular complexity index is 514. The van der Waals surface area contributed by atoms with Crippen LogP contribution >= 0.6 is 0 Å². The number of hydrogen-bond acceptors (Lipinski definition) is 2. The number of rotatable bonds is 3. The zero-order valence-corrected chi connectivity index (χ0v) is 10.1. The van der Waals surface area contributed by atoms with Crippen LogP contribution in [0.4, 0.5) is 0 Å². The van der Waals surface area contributed by atoms with Crippen LogP contribution in [-0.4, -0.2) is 11.2 Å². The van der Waals surface area contributed by atoms with Crippen molar-refractivity contribution in [3.63, 3.8) is 0 Å². The molecule has 1 aromatic carbocycles. The third kappa shape index (κ3) is 1.48. The molecule has 2 aromatic rings. The van der Waals surface area contributed by atoms with E-state index in [-0.39, 0.29) is 0 Å². The fraction of sp³-hybridized carbons (Fsp3) is 0.385. The van der Waals surface area contributed by atoms with E-state index in [0.717, 1.165) is 11.3 Å². The minimum absolute atomic E-state index is 0.568. The summed E-state index contributed by atoms with van der Waals surface area (Å²) in [6, 6.07) is 6.13. The number of nitrogens with two attached hydrogens (primary N) is 1. The molecule has 86 valence electrons. The van der Waals surface area contributed by atoms with Gasteiger partial charge in [-0.25, -0.2) is 0 Å². The van der Waals surface area contributed by atoms with Crippen molar-refractivity contribution < 1.29 is 4.74 Å². The third-order valence-corrected chi connectivity index (χ3v) is 3.10. The molecule has 0 saturated heterocycles. The summed E-state index contributed by atoms with van der Waals surface area (Å²) in [6.45, 7) is 5.34. The molecule has 2 N–H and O–H groups in total. The first-order chi connectivity index (χ1) is 7.70. The molecule has 0 aliphatic rings. The summed E-state index contributed by atoms with van der Waals surface area (Å²) >= 11 is 0. The van der Waals surface area contributed by atoms with Gasteiger partial charge in [-0.3, -0.25) is 0 Å². The Kier molecular flexibility index (Phi) is 2.88. The van der Waals surface area contributed by atoms with Gasteiger partial charge < -0.3 is 15.0 Å². The number of aryl methyl sites for hydroxylation is 1. The number of benzene rings is 1. The van der Waals surface area contributed by atoms with Gasteiger partial charge in [0.25, 0.3) is 0 Å². The molecule has 0 unspecified atom stereocenters. The molecule has 0 saturated carbocycles. The Morgan fingerprint density at radius 2 is 2.12 bits per heavy atom. The Labute approximate surface area is 95.8 Å². The second kappa shape index (κ2) is 4.18. The summed E-state index contributed by atoms with van der Waals surface area (Å²) in [5.74, 6) is 0.935. The van der Waals surface area contributed by atoms with Crippen molar-refractivity contribution in [2.24, 2.45) is 12.8 Å². The Morgan fingerprint density at radius 3 is 2.75 bits per heavy atom. The number of nitrogens with zero attached hydrogens (tertiary/aromatic N) is 1. The lowest BCUT2D eigenvalue weighted by Gasteiger charge is -2.07. The van der Waals surface area contributed by atoms with E-state index in [0.29, 0.717) is 13.2 Å². The molecule has 1 heterocycles. The van der Waals surface area contributed by atoms with E-state index < -0.39 is 0 Å². The number of para-hydroxylation sites is 1. The SMILES string of the molecule is CCOc1cccc2c(CN)c(C)n(C)c12. The van der Waals surface area contributed by atoms with Crippen molar-refractivity contribution in [1.82, 2.24) is 4.57 Å². The maximum atomic E-state index is 5.80. The van der Waals surface area contributed by atoms with E-state index in [4.69, 9.17) is 10.5 Å². The smallest absolute Gasteiger partial charge is 0.143 e. The fourth-order valence-electron chi connectivity index (χ4n) is 2.21. The minimum Gasteiger partial charge on any atom is -0.492 e. The van der Waals surface area contributed by atoms with E-state index in [1.807, 2.05) is 19.1 Å². The van der Waals surface area contributed by atoms with Gasteiger partial charge in [0.05, 0.1) is 12.1 Å². The average Bonchev–Trinajstić information content (AvgIpc) is 2.53. The molecule has 0 bridgehead atoms. The van der Waals surface area contributed by atoms with Crippen molar-refractivity contribution in [1.29, 1.82) is 0 Å². The predicted octanol–water partition coefficient (Wildman–Crippen LogP) is 2.34. The van der Waals surface area contributed by atoms with Crippen molar-refractivity contribution in [2.45, 2.75) is 20.4 Å². The maximum absolute atomic E-state index is 5.80. The summed E-state index contributed by atoms with van der Waals surface area (Å²) < 4.78 is 7.81.